The molecule has 2 N–H and O–H groups in total. The van der Waals surface area contributed by atoms with E-state index in [-0.39, 0.29) is 0 Å². The molecule has 0 bridgehead atoms. The van der Waals surface area contributed by atoms with Gasteiger partial charge in [0.05, 0.1) is 12.3 Å². The Morgan fingerprint density at radius 3 is 2.86 bits per heavy atom. The van der Waals surface area contributed by atoms with E-state index in [9.17, 15) is 0 Å². The number of likely N-dealkylation sites (N-methyl/N-ethyl adjacent to an activating group) is 1. The molecule has 2 fully saturated rings. The molecule has 2 heterocycles. The summed E-state index contributed by atoms with van der Waals surface area (Å²) in [4.78, 5) is 9.29. The largest absolute Gasteiger partial charge is 0.476 e. The van der Waals surface area contributed by atoms with E-state index >= 15 is 0 Å². The molecule has 2 aliphatic rings. The van der Waals surface area contributed by atoms with Crippen LogP contribution in [0.2, 0.25) is 0 Å². The summed E-state index contributed by atoms with van der Waals surface area (Å²) >= 11 is 0. The number of rotatable bonds is 5. The van der Waals surface area contributed by atoms with Crippen molar-refractivity contribution in [1.29, 1.82) is 0 Å². The van der Waals surface area contributed by atoms with Crippen molar-refractivity contribution in [3.8, 4) is 5.88 Å². The Bertz CT molecular complexity index is 487. The van der Waals surface area contributed by atoms with E-state index in [1.54, 1.807) is 0 Å². The molecule has 1 saturated carbocycles. The van der Waals surface area contributed by atoms with Crippen molar-refractivity contribution in [3.05, 3.63) is 12.1 Å². The van der Waals surface area contributed by atoms with E-state index in [0.717, 1.165) is 25.5 Å². The maximum Gasteiger partial charge on any atom is 0.239 e. The lowest BCUT2D eigenvalue weighted by Gasteiger charge is -2.36. The first kappa shape index (κ1) is 14.4. The number of pyridine rings is 1. The Morgan fingerprint density at radius 1 is 1.33 bits per heavy atom. The zero-order valence-corrected chi connectivity index (χ0v) is 13.1. The van der Waals surface area contributed by atoms with Gasteiger partial charge < -0.3 is 20.3 Å². The van der Waals surface area contributed by atoms with Gasteiger partial charge in [-0.2, -0.15) is 4.98 Å². The maximum atomic E-state index is 5.99. The fourth-order valence-electron chi connectivity index (χ4n) is 2.80. The summed E-state index contributed by atoms with van der Waals surface area (Å²) in [6.07, 6.45) is 5.00. The van der Waals surface area contributed by atoms with E-state index in [2.05, 4.69) is 28.9 Å². The second-order valence-electron chi connectivity index (χ2n) is 6.52. The second kappa shape index (κ2) is 6.10. The van der Waals surface area contributed by atoms with Crippen LogP contribution in [-0.4, -0.2) is 49.7 Å². The number of hydrogen-bond donors (Lipinski definition) is 1. The molecule has 1 saturated heterocycles. The van der Waals surface area contributed by atoms with Crippen molar-refractivity contribution in [2.24, 2.45) is 5.92 Å². The molecule has 1 atom stereocenters. The van der Waals surface area contributed by atoms with E-state index in [1.807, 2.05) is 12.1 Å². The summed E-state index contributed by atoms with van der Waals surface area (Å²) in [6, 6.07) is 4.52. The van der Waals surface area contributed by atoms with E-state index in [1.165, 1.54) is 25.7 Å². The standard InChI is InChI=1S/C16H26N4O/c1-19(2)13-4-3-9-20(10-13)15-8-7-14(17)16(18-15)21-11-12-5-6-12/h7-8,12-13H,3-6,9-11,17H2,1-2H3. The molecule has 0 radical (unpaired) electrons. The van der Waals surface area contributed by atoms with Crippen LogP contribution in [-0.2, 0) is 0 Å². The summed E-state index contributed by atoms with van der Waals surface area (Å²) in [7, 11) is 4.30. The monoisotopic (exact) mass is 290 g/mol. The minimum absolute atomic E-state index is 0.592. The normalized spacial score (nSPS) is 22.6. The molecule has 1 aromatic heterocycles. The molecule has 5 heteroatoms. The van der Waals surface area contributed by atoms with Crippen LogP contribution in [0.4, 0.5) is 11.5 Å². The molecular formula is C16H26N4O. The van der Waals surface area contributed by atoms with E-state index in [0.29, 0.717) is 23.5 Å². The smallest absolute Gasteiger partial charge is 0.239 e. The average molecular weight is 290 g/mol. The first-order valence-electron chi connectivity index (χ1n) is 7.94. The van der Waals surface area contributed by atoms with Gasteiger partial charge in [0.15, 0.2) is 0 Å². The first-order chi connectivity index (χ1) is 10.1. The van der Waals surface area contributed by atoms with Crippen molar-refractivity contribution in [2.45, 2.75) is 31.7 Å². The van der Waals surface area contributed by atoms with Gasteiger partial charge in [-0.3, -0.25) is 0 Å². The van der Waals surface area contributed by atoms with Crippen molar-refractivity contribution < 1.29 is 4.74 Å². The summed E-state index contributed by atoms with van der Waals surface area (Å²) in [5.74, 6) is 2.30. The number of piperidine rings is 1. The van der Waals surface area contributed by atoms with E-state index < -0.39 is 0 Å². The van der Waals surface area contributed by atoms with Crippen LogP contribution < -0.4 is 15.4 Å². The molecule has 21 heavy (non-hydrogen) atoms. The molecule has 1 aliphatic carbocycles. The highest BCUT2D eigenvalue weighted by atomic mass is 16.5. The van der Waals surface area contributed by atoms with Crippen molar-refractivity contribution >= 4 is 11.5 Å². The number of nitrogens with two attached hydrogens (primary N) is 1. The molecular weight excluding hydrogens is 264 g/mol. The number of ether oxygens (including phenoxy) is 1. The Hall–Kier alpha value is -1.49. The Balaban J connectivity index is 1.70. The number of nitrogen functional groups attached to an aromatic ring is 1. The fourth-order valence-corrected chi connectivity index (χ4v) is 2.80. The third-order valence-corrected chi connectivity index (χ3v) is 4.48. The molecule has 0 amide bonds. The van der Waals surface area contributed by atoms with Gasteiger partial charge in [-0.15, -0.1) is 0 Å². The Kier molecular flexibility index (Phi) is 4.19. The van der Waals surface area contributed by atoms with Crippen LogP contribution in [0.25, 0.3) is 0 Å². The van der Waals surface area contributed by atoms with Crippen LogP contribution in [0.1, 0.15) is 25.7 Å². The Labute approximate surface area is 127 Å². The van der Waals surface area contributed by atoms with Crippen LogP contribution in [0, 0.1) is 5.92 Å². The lowest BCUT2D eigenvalue weighted by molar-refractivity contribution is 0.256. The van der Waals surface area contributed by atoms with Crippen LogP contribution in [0.3, 0.4) is 0 Å². The van der Waals surface area contributed by atoms with Gasteiger partial charge in [-0.25, -0.2) is 0 Å². The lowest BCUT2D eigenvalue weighted by Crippen LogP contribution is -2.45. The number of aromatic nitrogens is 1. The number of hydrogen-bond acceptors (Lipinski definition) is 5. The lowest BCUT2D eigenvalue weighted by atomic mass is 10.1. The van der Waals surface area contributed by atoms with Crippen LogP contribution >= 0.6 is 0 Å². The van der Waals surface area contributed by atoms with Crippen molar-refractivity contribution in [1.82, 2.24) is 9.88 Å². The second-order valence-corrected chi connectivity index (χ2v) is 6.52. The highest BCUT2D eigenvalue weighted by Crippen LogP contribution is 2.31. The molecule has 3 rings (SSSR count). The quantitative estimate of drug-likeness (QED) is 0.898. The number of nitrogens with zero attached hydrogens (tertiary/aromatic N) is 3. The van der Waals surface area contributed by atoms with Gasteiger partial charge in [0, 0.05) is 19.1 Å². The summed E-state index contributed by atoms with van der Waals surface area (Å²) < 4.78 is 5.79. The van der Waals surface area contributed by atoms with Crippen LogP contribution in [0.15, 0.2) is 12.1 Å². The third kappa shape index (κ3) is 3.59. The molecule has 0 aromatic carbocycles. The third-order valence-electron chi connectivity index (χ3n) is 4.48. The van der Waals surface area contributed by atoms with E-state index in [4.69, 9.17) is 10.5 Å². The van der Waals surface area contributed by atoms with Crippen molar-refractivity contribution in [2.75, 3.05) is 44.4 Å². The zero-order chi connectivity index (χ0) is 14.8. The van der Waals surface area contributed by atoms with Gasteiger partial charge in [0.2, 0.25) is 5.88 Å². The maximum absolute atomic E-state index is 5.99. The minimum Gasteiger partial charge on any atom is -0.476 e. The predicted molar refractivity (Wildman–Crippen MR) is 85.8 cm³/mol. The van der Waals surface area contributed by atoms with Gasteiger partial charge in [0.25, 0.3) is 0 Å². The predicted octanol–water partition coefficient (Wildman–Crippen LogP) is 1.98. The molecule has 1 aromatic rings. The molecule has 1 aliphatic heterocycles. The SMILES string of the molecule is CN(C)C1CCCN(c2ccc(N)c(OCC3CC3)n2)C1. The highest BCUT2D eigenvalue weighted by Gasteiger charge is 2.24. The van der Waals surface area contributed by atoms with Gasteiger partial charge >= 0.3 is 0 Å². The number of anilines is 2. The topological polar surface area (TPSA) is 54.6 Å². The van der Waals surface area contributed by atoms with Gasteiger partial charge in [-0.05, 0) is 57.8 Å². The zero-order valence-electron chi connectivity index (χ0n) is 13.1. The average Bonchev–Trinajstić information content (AvgIpc) is 3.31. The minimum atomic E-state index is 0.592. The molecule has 116 valence electrons. The van der Waals surface area contributed by atoms with Gasteiger partial charge in [0.1, 0.15) is 5.82 Å². The van der Waals surface area contributed by atoms with Gasteiger partial charge in [-0.1, -0.05) is 0 Å². The molecule has 1 unspecified atom stereocenters. The molecule has 0 spiro atoms. The summed E-state index contributed by atoms with van der Waals surface area (Å²) in [5, 5.41) is 0. The Morgan fingerprint density at radius 2 is 2.14 bits per heavy atom. The first-order valence-corrected chi connectivity index (χ1v) is 7.94. The molecule has 5 nitrogen and oxygen atoms in total. The van der Waals surface area contributed by atoms with Crippen LogP contribution in [0.5, 0.6) is 5.88 Å². The summed E-state index contributed by atoms with van der Waals surface area (Å²) in [6.45, 7) is 2.83. The highest BCUT2D eigenvalue weighted by molar-refractivity contribution is 5.54. The fraction of sp³-hybridized carbons (Fsp3) is 0.688. The summed E-state index contributed by atoms with van der Waals surface area (Å²) in [5.41, 5.74) is 6.63. The van der Waals surface area contributed by atoms with Crippen molar-refractivity contribution in [3.63, 3.8) is 0 Å².